The van der Waals surface area contributed by atoms with Crippen LogP contribution in [-0.4, -0.2) is 22.9 Å². The van der Waals surface area contributed by atoms with Crippen molar-refractivity contribution in [3.63, 3.8) is 0 Å². The zero-order valence-electron chi connectivity index (χ0n) is 18.0. The lowest BCUT2D eigenvalue weighted by atomic mass is 10.0. The van der Waals surface area contributed by atoms with Crippen molar-refractivity contribution in [3.8, 4) is 0 Å². The second kappa shape index (κ2) is 10.5. The molecule has 1 amide bonds. The lowest BCUT2D eigenvalue weighted by molar-refractivity contribution is -0.113. The van der Waals surface area contributed by atoms with Crippen LogP contribution in [0, 0.1) is 5.82 Å². The van der Waals surface area contributed by atoms with Gasteiger partial charge in [0.05, 0.1) is 26.7 Å². The van der Waals surface area contributed by atoms with E-state index in [-0.39, 0.29) is 17.2 Å². The number of nitrogens with zero attached hydrogens (tertiary/aromatic N) is 2. The maximum atomic E-state index is 13.9. The smallest absolute Gasteiger partial charge is 0.234 e. The van der Waals surface area contributed by atoms with E-state index in [4.69, 9.17) is 11.6 Å². The molecule has 8 heteroatoms. The summed E-state index contributed by atoms with van der Waals surface area (Å²) in [6.45, 7) is 4.27. The number of thioether (sulfide) groups is 1. The Kier molecular flexibility index (Phi) is 7.42. The van der Waals surface area contributed by atoms with E-state index in [1.807, 2.05) is 42.5 Å². The molecular weight excluding hydrogens is 477 g/mol. The third kappa shape index (κ3) is 5.99. The van der Waals surface area contributed by atoms with E-state index >= 15 is 0 Å². The Hall–Kier alpha value is -2.74. The largest absolute Gasteiger partial charge is 0.325 e. The van der Waals surface area contributed by atoms with Gasteiger partial charge in [0.1, 0.15) is 5.82 Å². The standard InChI is InChI=1S/C25H21ClFN3OS2/c1-15(2)16-6-8-17(9-7-16)29-24(31)14-32-25-30-22-11-10-18(12-23(22)33-25)28-13-19-20(26)4-3-5-21(19)27/h3-13,15H,14H2,1-2H3,(H,29,31). The number of carbonyl (C=O) groups is 1. The van der Waals surface area contributed by atoms with Crippen LogP contribution in [0.4, 0.5) is 15.8 Å². The van der Waals surface area contributed by atoms with E-state index in [1.54, 1.807) is 12.1 Å². The second-order valence-electron chi connectivity index (χ2n) is 7.64. The number of halogens is 2. The highest BCUT2D eigenvalue weighted by atomic mass is 35.5. The van der Waals surface area contributed by atoms with Crippen molar-refractivity contribution in [1.82, 2.24) is 4.98 Å². The molecule has 4 rings (SSSR count). The highest BCUT2D eigenvalue weighted by molar-refractivity contribution is 8.01. The van der Waals surface area contributed by atoms with Gasteiger partial charge in [-0.3, -0.25) is 9.79 Å². The van der Waals surface area contributed by atoms with Crippen LogP contribution in [0.25, 0.3) is 10.2 Å². The van der Waals surface area contributed by atoms with Crippen LogP contribution in [0.2, 0.25) is 5.02 Å². The van der Waals surface area contributed by atoms with Crippen molar-refractivity contribution in [3.05, 3.63) is 82.6 Å². The molecule has 0 unspecified atom stereocenters. The van der Waals surface area contributed by atoms with Gasteiger partial charge in [0, 0.05) is 17.5 Å². The molecule has 4 aromatic rings. The predicted octanol–water partition coefficient (Wildman–Crippen LogP) is 7.69. The van der Waals surface area contributed by atoms with Gasteiger partial charge >= 0.3 is 0 Å². The molecule has 0 fully saturated rings. The normalized spacial score (nSPS) is 11.5. The van der Waals surface area contributed by atoms with Crippen LogP contribution in [0.3, 0.4) is 0 Å². The number of aliphatic imine (C=N–C) groups is 1. The third-order valence-electron chi connectivity index (χ3n) is 4.88. The van der Waals surface area contributed by atoms with Gasteiger partial charge in [-0.15, -0.1) is 11.3 Å². The Morgan fingerprint density at radius 2 is 2.00 bits per heavy atom. The number of hydrogen-bond donors (Lipinski definition) is 1. The fraction of sp³-hybridized carbons (Fsp3) is 0.160. The molecule has 33 heavy (non-hydrogen) atoms. The minimum Gasteiger partial charge on any atom is -0.325 e. The quantitative estimate of drug-likeness (QED) is 0.210. The van der Waals surface area contributed by atoms with E-state index in [0.29, 0.717) is 16.6 Å². The lowest BCUT2D eigenvalue weighted by Crippen LogP contribution is -2.13. The molecule has 0 radical (unpaired) electrons. The van der Waals surface area contributed by atoms with Crippen molar-refractivity contribution in [2.75, 3.05) is 11.1 Å². The summed E-state index contributed by atoms with van der Waals surface area (Å²) in [7, 11) is 0. The van der Waals surface area contributed by atoms with E-state index in [1.165, 1.54) is 40.9 Å². The Balaban J connectivity index is 1.39. The van der Waals surface area contributed by atoms with Crippen molar-refractivity contribution < 1.29 is 9.18 Å². The third-order valence-corrected chi connectivity index (χ3v) is 7.37. The molecule has 1 N–H and O–H groups in total. The lowest BCUT2D eigenvalue weighted by Gasteiger charge is -2.08. The first-order valence-electron chi connectivity index (χ1n) is 10.3. The molecule has 0 atom stereocenters. The fourth-order valence-electron chi connectivity index (χ4n) is 3.08. The van der Waals surface area contributed by atoms with Gasteiger partial charge in [0.2, 0.25) is 5.91 Å². The second-order valence-corrected chi connectivity index (χ2v) is 10.3. The zero-order chi connectivity index (χ0) is 23.4. The van der Waals surface area contributed by atoms with Gasteiger partial charge in [-0.25, -0.2) is 9.37 Å². The summed E-state index contributed by atoms with van der Waals surface area (Å²) in [5, 5.41) is 3.23. The van der Waals surface area contributed by atoms with Crippen LogP contribution in [0.5, 0.6) is 0 Å². The summed E-state index contributed by atoms with van der Waals surface area (Å²) in [5.41, 5.74) is 3.77. The molecule has 0 spiro atoms. The Morgan fingerprint density at radius 1 is 1.21 bits per heavy atom. The molecular formula is C25H21ClFN3OS2. The monoisotopic (exact) mass is 497 g/mol. The Bertz CT molecular complexity index is 1300. The number of amides is 1. The molecule has 3 aromatic carbocycles. The Morgan fingerprint density at radius 3 is 2.73 bits per heavy atom. The summed E-state index contributed by atoms with van der Waals surface area (Å²) in [6.07, 6.45) is 1.42. The van der Waals surface area contributed by atoms with Gasteiger partial charge in [-0.2, -0.15) is 0 Å². The number of aromatic nitrogens is 1. The number of rotatable bonds is 7. The number of fused-ring (bicyclic) bond motifs is 1. The molecule has 0 saturated heterocycles. The van der Waals surface area contributed by atoms with Crippen LogP contribution in [-0.2, 0) is 4.79 Å². The molecule has 0 aliphatic heterocycles. The molecule has 0 saturated carbocycles. The summed E-state index contributed by atoms with van der Waals surface area (Å²) >= 11 is 8.93. The highest BCUT2D eigenvalue weighted by Gasteiger charge is 2.10. The number of thiazole rings is 1. The summed E-state index contributed by atoms with van der Waals surface area (Å²) < 4.78 is 15.7. The average Bonchev–Trinajstić information content (AvgIpc) is 3.20. The maximum absolute atomic E-state index is 13.9. The highest BCUT2D eigenvalue weighted by Crippen LogP contribution is 2.32. The number of hydrogen-bond acceptors (Lipinski definition) is 5. The number of carbonyl (C=O) groups excluding carboxylic acids is 1. The number of anilines is 1. The molecule has 0 bridgehead atoms. The minimum atomic E-state index is -0.419. The average molecular weight is 498 g/mol. The zero-order valence-corrected chi connectivity index (χ0v) is 20.4. The van der Waals surface area contributed by atoms with E-state index in [2.05, 4.69) is 29.1 Å². The molecule has 0 aliphatic carbocycles. The van der Waals surface area contributed by atoms with Crippen molar-refractivity contribution >= 4 is 68.4 Å². The van der Waals surface area contributed by atoms with Gasteiger partial charge in [-0.1, -0.05) is 55.4 Å². The minimum absolute atomic E-state index is 0.0800. The number of nitrogens with one attached hydrogen (secondary N) is 1. The molecule has 0 aliphatic rings. The fourth-order valence-corrected chi connectivity index (χ4v) is 5.20. The van der Waals surface area contributed by atoms with Crippen molar-refractivity contribution in [1.29, 1.82) is 0 Å². The predicted molar refractivity (Wildman–Crippen MR) is 138 cm³/mol. The van der Waals surface area contributed by atoms with Crippen molar-refractivity contribution in [2.24, 2.45) is 4.99 Å². The Labute approximate surface area is 204 Å². The maximum Gasteiger partial charge on any atom is 0.234 e. The first-order chi connectivity index (χ1) is 15.9. The molecule has 4 nitrogen and oxygen atoms in total. The van der Waals surface area contributed by atoms with Crippen molar-refractivity contribution in [2.45, 2.75) is 24.1 Å². The van der Waals surface area contributed by atoms with E-state index in [0.717, 1.165) is 20.2 Å². The summed E-state index contributed by atoms with van der Waals surface area (Å²) in [6, 6.07) is 18.0. The molecule has 168 valence electrons. The molecule has 1 aromatic heterocycles. The van der Waals surface area contributed by atoms with Crippen LogP contribution in [0.15, 0.2) is 70.0 Å². The van der Waals surface area contributed by atoms with E-state index in [9.17, 15) is 9.18 Å². The van der Waals surface area contributed by atoms with E-state index < -0.39 is 5.82 Å². The van der Waals surface area contributed by atoms with Crippen LogP contribution >= 0.6 is 34.7 Å². The SMILES string of the molecule is CC(C)c1ccc(NC(=O)CSc2nc3ccc(N=Cc4c(F)cccc4Cl)cc3s2)cc1. The van der Waals surface area contributed by atoms with Gasteiger partial charge < -0.3 is 5.32 Å². The summed E-state index contributed by atoms with van der Waals surface area (Å²) in [5.74, 6) is 0.220. The molecule has 1 heterocycles. The van der Waals surface area contributed by atoms with Gasteiger partial charge in [-0.05, 0) is 53.9 Å². The van der Waals surface area contributed by atoms with Gasteiger partial charge in [0.25, 0.3) is 0 Å². The van der Waals surface area contributed by atoms with Crippen LogP contribution in [0.1, 0.15) is 30.9 Å². The van der Waals surface area contributed by atoms with Gasteiger partial charge in [0.15, 0.2) is 4.34 Å². The number of benzene rings is 3. The first-order valence-corrected chi connectivity index (χ1v) is 12.5. The first kappa shape index (κ1) is 23.4. The summed E-state index contributed by atoms with van der Waals surface area (Å²) in [4.78, 5) is 21.3. The van der Waals surface area contributed by atoms with Crippen LogP contribution < -0.4 is 5.32 Å². The topological polar surface area (TPSA) is 54.4 Å².